The summed E-state index contributed by atoms with van der Waals surface area (Å²) in [6, 6.07) is 16.2. The fraction of sp³-hybridized carbons (Fsp3) is 0.400. The van der Waals surface area contributed by atoms with Crippen LogP contribution < -0.4 is 9.47 Å². The molecule has 2 aromatic rings. The summed E-state index contributed by atoms with van der Waals surface area (Å²) in [5.74, 6) is 1.33. The maximum Gasteiger partial charge on any atom is 0.333 e. The Hall–Kier alpha value is -2.79. The van der Waals surface area contributed by atoms with E-state index in [-0.39, 0.29) is 23.9 Å². The van der Waals surface area contributed by atoms with E-state index >= 15 is 0 Å². The van der Waals surface area contributed by atoms with Crippen molar-refractivity contribution in [3.8, 4) is 11.5 Å². The largest absolute Gasteiger partial charge is 0.493 e. The predicted octanol–water partition coefficient (Wildman–Crippen LogP) is 4.76. The molecule has 1 saturated heterocycles. The molecule has 1 aliphatic rings. The van der Waals surface area contributed by atoms with Crippen LogP contribution in [0.5, 0.6) is 11.5 Å². The predicted molar refractivity (Wildman–Crippen MR) is 116 cm³/mol. The molecule has 5 nitrogen and oxygen atoms in total. The number of carbonyl (C=O) groups excluding carboxylic acids is 1. The van der Waals surface area contributed by atoms with Crippen LogP contribution in [0.4, 0.5) is 0 Å². The van der Waals surface area contributed by atoms with Crippen LogP contribution in [0.15, 0.2) is 60.2 Å². The van der Waals surface area contributed by atoms with Gasteiger partial charge in [0.2, 0.25) is 0 Å². The van der Waals surface area contributed by atoms with Crippen LogP contribution in [0.3, 0.4) is 0 Å². The van der Waals surface area contributed by atoms with Crippen LogP contribution in [-0.2, 0) is 20.7 Å². The molecule has 0 amide bonds. The highest BCUT2D eigenvalue weighted by molar-refractivity contribution is 5.87. The third kappa shape index (κ3) is 5.03. The smallest absolute Gasteiger partial charge is 0.333 e. The first-order valence-electron chi connectivity index (χ1n) is 10.2. The summed E-state index contributed by atoms with van der Waals surface area (Å²) in [5.41, 5.74) is 2.85. The third-order valence-electron chi connectivity index (χ3n) is 5.72. The number of methoxy groups -OCH3 is 2. The van der Waals surface area contributed by atoms with Gasteiger partial charge in [-0.15, -0.1) is 0 Å². The average Bonchev–Trinajstić information content (AvgIpc) is 3.19. The molecule has 30 heavy (non-hydrogen) atoms. The lowest BCUT2D eigenvalue weighted by Crippen LogP contribution is -2.24. The van der Waals surface area contributed by atoms with Crippen molar-refractivity contribution in [2.24, 2.45) is 11.8 Å². The van der Waals surface area contributed by atoms with Crippen LogP contribution in [-0.4, -0.2) is 33.4 Å². The Labute approximate surface area is 178 Å². The van der Waals surface area contributed by atoms with E-state index in [9.17, 15) is 4.79 Å². The van der Waals surface area contributed by atoms with Gasteiger partial charge in [-0.1, -0.05) is 42.5 Å². The number of ether oxygens (including phenoxy) is 4. The second-order valence-electron chi connectivity index (χ2n) is 7.55. The van der Waals surface area contributed by atoms with Gasteiger partial charge in [-0.3, -0.25) is 0 Å². The molecule has 3 atom stereocenters. The fourth-order valence-electron chi connectivity index (χ4n) is 3.85. The first kappa shape index (κ1) is 21.9. The molecule has 1 fully saturated rings. The molecule has 3 rings (SSSR count). The van der Waals surface area contributed by atoms with Crippen molar-refractivity contribution in [3.05, 3.63) is 71.3 Å². The highest BCUT2D eigenvalue weighted by Crippen LogP contribution is 2.42. The zero-order chi connectivity index (χ0) is 21.5. The second kappa shape index (κ2) is 10.3. The topological polar surface area (TPSA) is 54.0 Å². The number of esters is 1. The van der Waals surface area contributed by atoms with Crippen molar-refractivity contribution in [2.45, 2.75) is 26.4 Å². The number of rotatable bonds is 8. The normalized spacial score (nSPS) is 21.3. The molecule has 160 valence electrons. The summed E-state index contributed by atoms with van der Waals surface area (Å²) in [6.45, 7) is 4.51. The zero-order valence-electron chi connectivity index (χ0n) is 18.1. The highest BCUT2D eigenvalue weighted by atomic mass is 16.5. The molecule has 0 N–H and O–H groups in total. The Kier molecular flexibility index (Phi) is 7.52. The van der Waals surface area contributed by atoms with Crippen molar-refractivity contribution in [2.75, 3.05) is 27.4 Å². The Bertz CT molecular complexity index is 874. The van der Waals surface area contributed by atoms with Gasteiger partial charge < -0.3 is 18.9 Å². The van der Waals surface area contributed by atoms with E-state index in [1.165, 1.54) is 5.56 Å². The minimum atomic E-state index is -0.283. The summed E-state index contributed by atoms with van der Waals surface area (Å²) in [7, 11) is 3.24. The van der Waals surface area contributed by atoms with Crippen LogP contribution >= 0.6 is 0 Å². The van der Waals surface area contributed by atoms with E-state index in [0.29, 0.717) is 30.3 Å². The van der Waals surface area contributed by atoms with Gasteiger partial charge in [0.15, 0.2) is 11.5 Å². The first-order valence-corrected chi connectivity index (χ1v) is 10.2. The standard InChI is InChI=1S/C25H30O5/c1-5-17(2)25(26)30-16-21-20(13-18-9-7-6-8-10-18)15-29-24(21)19-11-12-22(27-3)23(14-19)28-4/h5-12,14,20-21,24H,13,15-16H2,1-4H3/b17-5-/t20-,21-,24+/m0/s1. The monoisotopic (exact) mass is 410 g/mol. The van der Waals surface area contributed by atoms with Gasteiger partial charge >= 0.3 is 5.97 Å². The Morgan fingerprint density at radius 2 is 1.83 bits per heavy atom. The molecule has 0 spiro atoms. The van der Waals surface area contributed by atoms with E-state index in [0.717, 1.165) is 12.0 Å². The Balaban J connectivity index is 1.84. The van der Waals surface area contributed by atoms with E-state index in [4.69, 9.17) is 18.9 Å². The van der Waals surface area contributed by atoms with E-state index in [1.807, 2.05) is 43.3 Å². The van der Waals surface area contributed by atoms with Gasteiger partial charge in [0, 0.05) is 11.5 Å². The maximum atomic E-state index is 12.3. The van der Waals surface area contributed by atoms with Crippen LogP contribution in [0.2, 0.25) is 0 Å². The minimum Gasteiger partial charge on any atom is -0.493 e. The molecule has 0 aromatic heterocycles. The zero-order valence-corrected chi connectivity index (χ0v) is 18.1. The van der Waals surface area contributed by atoms with E-state index in [1.54, 1.807) is 27.2 Å². The number of benzene rings is 2. The number of hydrogen-bond acceptors (Lipinski definition) is 5. The SMILES string of the molecule is C/C=C(/C)C(=O)OC[C@H]1[C@@H](Cc2ccccc2)CO[C@@H]1c1ccc(OC)c(OC)c1. The number of carbonyl (C=O) groups is 1. The fourth-order valence-corrected chi connectivity index (χ4v) is 3.85. The van der Waals surface area contributed by atoms with Crippen molar-refractivity contribution < 1.29 is 23.7 Å². The molecule has 0 bridgehead atoms. The number of hydrogen-bond donors (Lipinski definition) is 0. The second-order valence-corrected chi connectivity index (χ2v) is 7.55. The van der Waals surface area contributed by atoms with Gasteiger partial charge in [0.25, 0.3) is 0 Å². The average molecular weight is 411 g/mol. The first-order chi connectivity index (χ1) is 14.6. The molecule has 0 aliphatic carbocycles. The van der Waals surface area contributed by atoms with E-state index < -0.39 is 0 Å². The summed E-state index contributed by atoms with van der Waals surface area (Å²) < 4.78 is 22.7. The third-order valence-corrected chi connectivity index (χ3v) is 5.72. The quantitative estimate of drug-likeness (QED) is 0.464. The molecule has 1 heterocycles. The lowest BCUT2D eigenvalue weighted by molar-refractivity contribution is -0.141. The molecule has 0 saturated carbocycles. The Morgan fingerprint density at radius 1 is 1.10 bits per heavy atom. The van der Waals surface area contributed by atoms with Crippen LogP contribution in [0.25, 0.3) is 0 Å². The lowest BCUT2D eigenvalue weighted by Gasteiger charge is -2.24. The molecule has 5 heteroatoms. The van der Waals surface area contributed by atoms with Crippen molar-refractivity contribution in [3.63, 3.8) is 0 Å². The molecule has 2 aromatic carbocycles. The van der Waals surface area contributed by atoms with Gasteiger partial charge in [-0.05, 0) is 49.4 Å². The molecule has 0 unspecified atom stereocenters. The molecule has 0 radical (unpaired) electrons. The van der Waals surface area contributed by atoms with Crippen LogP contribution in [0.1, 0.15) is 31.1 Å². The van der Waals surface area contributed by atoms with Crippen LogP contribution in [0, 0.1) is 11.8 Å². The van der Waals surface area contributed by atoms with Crippen molar-refractivity contribution in [1.82, 2.24) is 0 Å². The summed E-state index contributed by atoms with van der Waals surface area (Å²) >= 11 is 0. The van der Waals surface area contributed by atoms with Crippen molar-refractivity contribution in [1.29, 1.82) is 0 Å². The Morgan fingerprint density at radius 3 is 2.50 bits per heavy atom. The van der Waals surface area contributed by atoms with Gasteiger partial charge in [0.1, 0.15) is 0 Å². The lowest BCUT2D eigenvalue weighted by atomic mass is 9.84. The van der Waals surface area contributed by atoms with Crippen molar-refractivity contribution >= 4 is 5.97 Å². The highest BCUT2D eigenvalue weighted by Gasteiger charge is 2.39. The molecular formula is C25H30O5. The van der Waals surface area contributed by atoms with Gasteiger partial charge in [-0.2, -0.15) is 0 Å². The number of allylic oxidation sites excluding steroid dienone is 1. The van der Waals surface area contributed by atoms with Gasteiger partial charge in [-0.25, -0.2) is 4.79 Å². The summed E-state index contributed by atoms with van der Waals surface area (Å²) in [6.07, 6.45) is 2.45. The summed E-state index contributed by atoms with van der Waals surface area (Å²) in [5, 5.41) is 0. The van der Waals surface area contributed by atoms with E-state index in [2.05, 4.69) is 12.1 Å². The van der Waals surface area contributed by atoms with Gasteiger partial charge in [0.05, 0.1) is 33.5 Å². The molecule has 1 aliphatic heterocycles. The maximum absolute atomic E-state index is 12.3. The molecular weight excluding hydrogens is 380 g/mol. The minimum absolute atomic E-state index is 0.0388. The summed E-state index contributed by atoms with van der Waals surface area (Å²) in [4.78, 5) is 12.3.